The van der Waals surface area contributed by atoms with Gasteiger partial charge < -0.3 is 25.2 Å². The number of amides is 3. The summed E-state index contributed by atoms with van der Waals surface area (Å²) in [5, 5.41) is 0. The summed E-state index contributed by atoms with van der Waals surface area (Å²) in [6.45, 7) is 5.78. The smallest absolute Gasteiger partial charge is 0.409 e. The highest BCUT2D eigenvalue weighted by Gasteiger charge is 2.46. The monoisotopic (exact) mass is 490 g/mol. The van der Waals surface area contributed by atoms with Crippen molar-refractivity contribution in [3.05, 3.63) is 53.6 Å². The number of methoxy groups -OCH3 is 1. The van der Waals surface area contributed by atoms with Gasteiger partial charge in [-0.15, -0.1) is 0 Å². The third kappa shape index (κ3) is 4.34. The van der Waals surface area contributed by atoms with Crippen LogP contribution in [0.5, 0.6) is 0 Å². The second kappa shape index (κ2) is 9.58. The van der Waals surface area contributed by atoms with Gasteiger partial charge in [0.05, 0.1) is 7.11 Å². The van der Waals surface area contributed by atoms with E-state index in [9.17, 15) is 14.4 Å². The van der Waals surface area contributed by atoms with Crippen LogP contribution in [-0.2, 0) is 14.9 Å². The Kier molecular flexibility index (Phi) is 6.47. The fourth-order valence-corrected chi connectivity index (χ4v) is 6.24. The molecule has 3 amide bonds. The Balaban J connectivity index is 1.35. The molecule has 36 heavy (non-hydrogen) atoms. The summed E-state index contributed by atoms with van der Waals surface area (Å²) in [7, 11) is 1.43. The van der Waals surface area contributed by atoms with Crippen molar-refractivity contribution in [1.82, 2.24) is 9.80 Å². The zero-order valence-electron chi connectivity index (χ0n) is 21.0. The summed E-state index contributed by atoms with van der Waals surface area (Å²) in [6.07, 6.45) is 3.67. The first-order valence-corrected chi connectivity index (χ1v) is 12.7. The van der Waals surface area contributed by atoms with E-state index in [1.165, 1.54) is 12.7 Å². The maximum atomic E-state index is 12.5. The van der Waals surface area contributed by atoms with E-state index in [0.717, 1.165) is 75.2 Å². The number of rotatable bonds is 3. The van der Waals surface area contributed by atoms with Gasteiger partial charge >= 0.3 is 6.09 Å². The minimum Gasteiger partial charge on any atom is -0.453 e. The van der Waals surface area contributed by atoms with Gasteiger partial charge in [-0.1, -0.05) is 18.2 Å². The number of benzene rings is 2. The Morgan fingerprint density at radius 3 is 2.17 bits per heavy atom. The molecule has 0 unspecified atom stereocenters. The van der Waals surface area contributed by atoms with Gasteiger partial charge in [-0.2, -0.15) is 0 Å². The minimum atomic E-state index is -0.436. The van der Waals surface area contributed by atoms with Crippen molar-refractivity contribution in [3.8, 4) is 11.1 Å². The van der Waals surface area contributed by atoms with Gasteiger partial charge in [0.1, 0.15) is 0 Å². The highest BCUT2D eigenvalue weighted by atomic mass is 16.5. The molecule has 8 nitrogen and oxygen atoms in total. The quantitative estimate of drug-likeness (QED) is 0.712. The third-order valence-electron chi connectivity index (χ3n) is 8.37. The van der Waals surface area contributed by atoms with Crippen LogP contribution in [0.15, 0.2) is 42.5 Å². The number of nitrogens with zero attached hydrogens (tertiary/aromatic N) is 3. The normalized spacial score (nSPS) is 19.8. The molecule has 2 N–H and O–H groups in total. The topological polar surface area (TPSA) is 96.2 Å². The standard InChI is InChI=1S/C28H34N4O4/c1-19(33)32-18-28(11-15-30(16-12-28)23-9-13-31(14-10-23)27(35)36-2)24-17-22(7-8-25(24)32)20-3-5-21(6-4-20)26(29)34/h3-8,17,23H,9-16,18H2,1-2H3,(H2,29,34). The highest BCUT2D eigenvalue weighted by molar-refractivity contribution is 5.96. The molecule has 0 radical (unpaired) electrons. The molecule has 2 saturated heterocycles. The lowest BCUT2D eigenvalue weighted by Gasteiger charge is -2.45. The lowest BCUT2D eigenvalue weighted by molar-refractivity contribution is -0.116. The van der Waals surface area contributed by atoms with Gasteiger partial charge in [0.15, 0.2) is 0 Å². The van der Waals surface area contributed by atoms with Crippen LogP contribution < -0.4 is 10.6 Å². The second-order valence-electron chi connectivity index (χ2n) is 10.3. The van der Waals surface area contributed by atoms with Crippen LogP contribution in [0.1, 0.15) is 48.5 Å². The molecular formula is C28H34N4O4. The van der Waals surface area contributed by atoms with Crippen LogP contribution in [0, 0.1) is 0 Å². The number of carbonyl (C=O) groups excluding carboxylic acids is 3. The molecule has 0 aromatic heterocycles. The highest BCUT2D eigenvalue weighted by Crippen LogP contribution is 2.48. The zero-order chi connectivity index (χ0) is 25.4. The molecular weight excluding hydrogens is 456 g/mol. The van der Waals surface area contributed by atoms with Crippen molar-refractivity contribution in [3.63, 3.8) is 0 Å². The summed E-state index contributed by atoms with van der Waals surface area (Å²) in [5.74, 6) is -0.362. The summed E-state index contributed by atoms with van der Waals surface area (Å²) in [5.41, 5.74) is 10.2. The van der Waals surface area contributed by atoms with E-state index in [-0.39, 0.29) is 17.4 Å². The molecule has 3 heterocycles. The summed E-state index contributed by atoms with van der Waals surface area (Å²) >= 11 is 0. The Morgan fingerprint density at radius 1 is 0.944 bits per heavy atom. The zero-order valence-corrected chi connectivity index (χ0v) is 21.0. The van der Waals surface area contributed by atoms with E-state index in [0.29, 0.717) is 11.6 Å². The van der Waals surface area contributed by atoms with Crippen molar-refractivity contribution in [1.29, 1.82) is 0 Å². The second-order valence-corrected chi connectivity index (χ2v) is 10.3. The van der Waals surface area contributed by atoms with Gasteiger partial charge in [0.25, 0.3) is 0 Å². The molecule has 2 aromatic carbocycles. The molecule has 5 rings (SSSR count). The van der Waals surface area contributed by atoms with Crippen LogP contribution in [-0.4, -0.2) is 73.6 Å². The number of hydrogen-bond donors (Lipinski definition) is 1. The number of anilines is 1. The van der Waals surface area contributed by atoms with Gasteiger partial charge in [-0.25, -0.2) is 4.79 Å². The largest absolute Gasteiger partial charge is 0.453 e. The number of nitrogens with two attached hydrogens (primary N) is 1. The maximum Gasteiger partial charge on any atom is 0.409 e. The van der Waals surface area contributed by atoms with Crippen molar-refractivity contribution in [2.45, 2.75) is 44.1 Å². The van der Waals surface area contributed by atoms with Gasteiger partial charge in [0.2, 0.25) is 11.8 Å². The molecule has 3 aliphatic rings. The average Bonchev–Trinajstić information content (AvgIpc) is 3.22. The predicted octanol–water partition coefficient (Wildman–Crippen LogP) is 3.38. The molecule has 0 atom stereocenters. The van der Waals surface area contributed by atoms with E-state index >= 15 is 0 Å². The van der Waals surface area contributed by atoms with E-state index in [4.69, 9.17) is 10.5 Å². The fourth-order valence-electron chi connectivity index (χ4n) is 6.24. The summed E-state index contributed by atoms with van der Waals surface area (Å²) < 4.78 is 4.87. The lowest BCUT2D eigenvalue weighted by Crippen LogP contribution is -2.52. The van der Waals surface area contributed by atoms with E-state index in [1.807, 2.05) is 17.0 Å². The number of piperidine rings is 2. The van der Waals surface area contributed by atoms with E-state index < -0.39 is 5.91 Å². The number of primary amides is 1. The first kappa shape index (κ1) is 24.3. The van der Waals surface area contributed by atoms with E-state index in [2.05, 4.69) is 23.1 Å². The molecule has 0 bridgehead atoms. The van der Waals surface area contributed by atoms with E-state index in [1.54, 1.807) is 24.0 Å². The van der Waals surface area contributed by atoms with Crippen LogP contribution in [0.2, 0.25) is 0 Å². The van der Waals surface area contributed by atoms with Crippen molar-refractivity contribution in [2.75, 3.05) is 44.7 Å². The fraction of sp³-hybridized carbons (Fsp3) is 0.464. The molecule has 8 heteroatoms. The molecule has 1 spiro atoms. The molecule has 190 valence electrons. The number of carbonyl (C=O) groups is 3. The number of fused-ring (bicyclic) bond motifs is 2. The third-order valence-corrected chi connectivity index (χ3v) is 8.37. The van der Waals surface area contributed by atoms with Crippen LogP contribution in [0.4, 0.5) is 10.5 Å². The minimum absolute atomic E-state index is 0.0621. The Bertz CT molecular complexity index is 1160. The van der Waals surface area contributed by atoms with Crippen LogP contribution in [0.3, 0.4) is 0 Å². The number of ether oxygens (including phenoxy) is 1. The first-order valence-electron chi connectivity index (χ1n) is 12.7. The van der Waals surface area contributed by atoms with Crippen molar-refractivity contribution in [2.24, 2.45) is 5.73 Å². The van der Waals surface area contributed by atoms with Gasteiger partial charge in [-0.3, -0.25) is 9.59 Å². The van der Waals surface area contributed by atoms with Crippen molar-refractivity contribution >= 4 is 23.6 Å². The molecule has 2 fully saturated rings. The lowest BCUT2D eigenvalue weighted by atomic mass is 9.73. The van der Waals surface area contributed by atoms with Gasteiger partial charge in [-0.05, 0) is 79.7 Å². The van der Waals surface area contributed by atoms with Gasteiger partial charge in [0, 0.05) is 49.3 Å². The number of likely N-dealkylation sites (tertiary alicyclic amines) is 2. The molecule has 0 saturated carbocycles. The van der Waals surface area contributed by atoms with Crippen LogP contribution in [0.25, 0.3) is 11.1 Å². The molecule has 3 aliphatic heterocycles. The SMILES string of the molecule is COC(=O)N1CCC(N2CCC3(CC2)CN(C(C)=O)c2ccc(-c4ccc(C(N)=O)cc4)cc23)CC1. The Labute approximate surface area is 212 Å². The summed E-state index contributed by atoms with van der Waals surface area (Å²) in [4.78, 5) is 42.1. The Hall–Kier alpha value is -3.39. The predicted molar refractivity (Wildman–Crippen MR) is 138 cm³/mol. The Morgan fingerprint density at radius 2 is 1.58 bits per heavy atom. The van der Waals surface area contributed by atoms with Crippen molar-refractivity contribution < 1.29 is 19.1 Å². The van der Waals surface area contributed by atoms with Crippen LogP contribution >= 0.6 is 0 Å². The maximum absolute atomic E-state index is 12.5. The summed E-state index contributed by atoms with van der Waals surface area (Å²) in [6, 6.07) is 14.2. The number of hydrogen-bond acceptors (Lipinski definition) is 5. The average molecular weight is 491 g/mol. The first-order chi connectivity index (χ1) is 17.3. The molecule has 0 aliphatic carbocycles. The molecule has 2 aromatic rings.